The van der Waals surface area contributed by atoms with E-state index in [2.05, 4.69) is 15.3 Å². The molecule has 0 spiro atoms. The summed E-state index contributed by atoms with van der Waals surface area (Å²) in [5, 5.41) is 2.74. The number of nitrogens with zero attached hydrogens (tertiary/aromatic N) is 3. The lowest BCUT2D eigenvalue weighted by molar-refractivity contribution is -0.143. The molecule has 0 saturated carbocycles. The summed E-state index contributed by atoms with van der Waals surface area (Å²) >= 11 is 5.76. The molecule has 2 aromatic rings. The number of aromatic nitrogens is 2. The summed E-state index contributed by atoms with van der Waals surface area (Å²) in [6.45, 7) is 0.341. The van der Waals surface area contributed by atoms with E-state index in [-0.39, 0.29) is 23.2 Å². The lowest BCUT2D eigenvalue weighted by Crippen LogP contribution is -2.50. The highest BCUT2D eigenvalue weighted by Gasteiger charge is 2.46. The minimum atomic E-state index is -4.65. The first-order chi connectivity index (χ1) is 13.7. The summed E-state index contributed by atoms with van der Waals surface area (Å²) < 4.78 is 46.5. The van der Waals surface area contributed by atoms with Crippen LogP contribution in [0.15, 0.2) is 30.6 Å². The van der Waals surface area contributed by atoms with E-state index in [4.69, 9.17) is 16.3 Å². The molecule has 1 unspecified atom stereocenters. The summed E-state index contributed by atoms with van der Waals surface area (Å²) in [7, 11) is 3.01. The van der Waals surface area contributed by atoms with Crippen LogP contribution in [0.2, 0.25) is 5.02 Å². The summed E-state index contributed by atoms with van der Waals surface area (Å²) in [5.41, 5.74) is -2.22. The number of ether oxygens (including phenoxy) is 1. The molecule has 3 rings (SSSR count). The van der Waals surface area contributed by atoms with Gasteiger partial charge in [-0.15, -0.1) is 0 Å². The molecule has 0 aromatic carbocycles. The molecule has 1 atom stereocenters. The molecule has 1 fully saturated rings. The van der Waals surface area contributed by atoms with E-state index < -0.39 is 17.3 Å². The molecule has 1 N–H and O–H groups in total. The largest absolute Gasteiger partial charge is 0.418 e. The molecule has 10 heteroatoms. The van der Waals surface area contributed by atoms with Crippen LogP contribution in [0.4, 0.5) is 19.0 Å². The van der Waals surface area contributed by atoms with Crippen molar-refractivity contribution in [3.63, 3.8) is 0 Å². The van der Waals surface area contributed by atoms with E-state index in [1.54, 1.807) is 19.2 Å². The highest BCUT2D eigenvalue weighted by Crippen LogP contribution is 2.42. The van der Waals surface area contributed by atoms with E-state index in [1.165, 1.54) is 18.2 Å². The summed E-state index contributed by atoms with van der Waals surface area (Å²) in [5.74, 6) is 0.206. The number of methoxy groups -OCH3 is 1. The first-order valence-corrected chi connectivity index (χ1v) is 9.29. The fraction of sp³-hybridized carbons (Fsp3) is 0.421. The molecule has 0 bridgehead atoms. The molecule has 156 valence electrons. The Hall–Kier alpha value is -2.39. The zero-order valence-corrected chi connectivity index (χ0v) is 16.6. The Morgan fingerprint density at radius 3 is 2.76 bits per heavy atom. The third-order valence-corrected chi connectivity index (χ3v) is 5.19. The van der Waals surface area contributed by atoms with Crippen LogP contribution < -0.4 is 5.32 Å². The molecule has 0 radical (unpaired) electrons. The number of anilines is 1. The van der Waals surface area contributed by atoms with Gasteiger partial charge in [-0.2, -0.15) is 13.2 Å². The van der Waals surface area contributed by atoms with Gasteiger partial charge in [-0.1, -0.05) is 11.6 Å². The zero-order valence-electron chi connectivity index (χ0n) is 15.9. The minimum absolute atomic E-state index is 0.0583. The van der Waals surface area contributed by atoms with Crippen molar-refractivity contribution >= 4 is 23.3 Å². The number of pyridine rings is 2. The lowest BCUT2D eigenvalue weighted by atomic mass is 9.86. The molecule has 1 aliphatic rings. The number of carbonyl (C=O) groups is 1. The van der Waals surface area contributed by atoms with Gasteiger partial charge >= 0.3 is 6.18 Å². The summed E-state index contributed by atoms with van der Waals surface area (Å²) in [6, 6.07) is 3.99. The van der Waals surface area contributed by atoms with Gasteiger partial charge in [0.05, 0.1) is 22.8 Å². The second kappa shape index (κ2) is 8.16. The number of amides is 1. The zero-order chi connectivity index (χ0) is 21.2. The maximum absolute atomic E-state index is 13.6. The van der Waals surface area contributed by atoms with Crippen molar-refractivity contribution in [1.29, 1.82) is 0 Å². The predicted octanol–water partition coefficient (Wildman–Crippen LogP) is 3.97. The van der Waals surface area contributed by atoms with Crippen LogP contribution >= 0.6 is 11.6 Å². The van der Waals surface area contributed by atoms with Gasteiger partial charge in [0.1, 0.15) is 11.4 Å². The average Bonchev–Trinajstić information content (AvgIpc) is 2.72. The van der Waals surface area contributed by atoms with Crippen LogP contribution in [0.3, 0.4) is 0 Å². The van der Waals surface area contributed by atoms with Crippen molar-refractivity contribution in [3.8, 4) is 0 Å². The van der Waals surface area contributed by atoms with Crippen molar-refractivity contribution < 1.29 is 22.7 Å². The van der Waals surface area contributed by atoms with Gasteiger partial charge in [0.2, 0.25) is 0 Å². The van der Waals surface area contributed by atoms with Crippen molar-refractivity contribution in [2.45, 2.75) is 24.6 Å². The lowest BCUT2D eigenvalue weighted by Gasteiger charge is -2.42. The smallest absolute Gasteiger partial charge is 0.373 e. The number of rotatable bonds is 4. The predicted molar refractivity (Wildman–Crippen MR) is 102 cm³/mol. The fourth-order valence-electron chi connectivity index (χ4n) is 3.55. The van der Waals surface area contributed by atoms with Crippen LogP contribution in [0.1, 0.15) is 34.5 Å². The van der Waals surface area contributed by atoms with Gasteiger partial charge in [-0.05, 0) is 31.0 Å². The number of piperidine rings is 1. The van der Waals surface area contributed by atoms with Gasteiger partial charge < -0.3 is 15.0 Å². The maximum Gasteiger partial charge on any atom is 0.418 e. The van der Waals surface area contributed by atoms with E-state index in [9.17, 15) is 18.0 Å². The maximum atomic E-state index is 13.6. The van der Waals surface area contributed by atoms with Crippen molar-refractivity contribution in [2.24, 2.45) is 0 Å². The quantitative estimate of drug-likeness (QED) is 0.798. The Morgan fingerprint density at radius 2 is 2.10 bits per heavy atom. The molecule has 2 aromatic heterocycles. The number of halogens is 4. The topological polar surface area (TPSA) is 67.4 Å². The molecule has 1 aliphatic heterocycles. The second-order valence-corrected chi connectivity index (χ2v) is 7.19. The normalized spacial score (nSPS) is 19.9. The van der Waals surface area contributed by atoms with E-state index >= 15 is 0 Å². The van der Waals surface area contributed by atoms with Crippen molar-refractivity contribution in [2.75, 3.05) is 32.6 Å². The van der Waals surface area contributed by atoms with E-state index in [1.807, 2.05) is 0 Å². The van der Waals surface area contributed by atoms with Crippen molar-refractivity contribution in [3.05, 3.63) is 52.4 Å². The Kier molecular flexibility index (Phi) is 6.00. The van der Waals surface area contributed by atoms with Crippen LogP contribution in [0.25, 0.3) is 0 Å². The fourth-order valence-corrected chi connectivity index (χ4v) is 3.71. The molecule has 3 heterocycles. The Morgan fingerprint density at radius 1 is 1.34 bits per heavy atom. The molecular formula is C19H20ClF3N4O2. The molecule has 1 amide bonds. The van der Waals surface area contributed by atoms with E-state index in [0.717, 1.165) is 12.3 Å². The van der Waals surface area contributed by atoms with Gasteiger partial charge in [0.25, 0.3) is 5.91 Å². The van der Waals surface area contributed by atoms with Crippen LogP contribution in [-0.2, 0) is 16.5 Å². The number of carbonyl (C=O) groups excluding carboxylic acids is 1. The van der Waals surface area contributed by atoms with Crippen LogP contribution in [-0.4, -0.2) is 48.0 Å². The van der Waals surface area contributed by atoms with Gasteiger partial charge in [0.15, 0.2) is 0 Å². The third kappa shape index (κ3) is 4.30. The Balaban J connectivity index is 1.98. The number of hydrogen-bond acceptors (Lipinski definition) is 5. The second-order valence-electron chi connectivity index (χ2n) is 6.76. The average molecular weight is 429 g/mol. The van der Waals surface area contributed by atoms with Crippen molar-refractivity contribution in [1.82, 2.24) is 14.9 Å². The Labute approximate surface area is 171 Å². The SMILES string of the molecule is CNc1cc(C(=O)N2CCCC(OC)(c3ncc(Cl)cc3C(F)(F)F)C2)ccn1. The highest BCUT2D eigenvalue weighted by atomic mass is 35.5. The molecule has 1 saturated heterocycles. The summed E-state index contributed by atoms with van der Waals surface area (Å²) in [4.78, 5) is 22.5. The molecular weight excluding hydrogens is 409 g/mol. The van der Waals surface area contributed by atoms with Gasteiger partial charge in [0, 0.05) is 38.7 Å². The molecule has 6 nitrogen and oxygen atoms in total. The van der Waals surface area contributed by atoms with Gasteiger partial charge in [-0.25, -0.2) is 4.98 Å². The Bertz CT molecular complexity index is 909. The monoisotopic (exact) mass is 428 g/mol. The number of hydrogen-bond donors (Lipinski definition) is 1. The van der Waals surface area contributed by atoms with Crippen LogP contribution in [0.5, 0.6) is 0 Å². The standard InChI is InChI=1S/C19H20ClF3N4O2/c1-24-15-8-12(4-6-25-15)17(28)27-7-3-5-18(11-27,29-2)16-14(19(21,22)23)9-13(20)10-26-16/h4,6,8-10H,3,5,7,11H2,1-2H3,(H,24,25). The minimum Gasteiger partial charge on any atom is -0.373 e. The van der Waals surface area contributed by atoms with E-state index in [0.29, 0.717) is 30.8 Å². The number of nitrogens with one attached hydrogen (secondary N) is 1. The third-order valence-electron chi connectivity index (χ3n) is 4.99. The molecule has 0 aliphatic carbocycles. The number of alkyl halides is 3. The number of likely N-dealkylation sites (tertiary alicyclic amines) is 1. The first kappa shape index (κ1) is 21.3. The van der Waals surface area contributed by atoms with Gasteiger partial charge in [-0.3, -0.25) is 9.78 Å². The summed E-state index contributed by atoms with van der Waals surface area (Å²) in [6.07, 6.45) is -1.24. The molecule has 29 heavy (non-hydrogen) atoms. The first-order valence-electron chi connectivity index (χ1n) is 8.91. The van der Waals surface area contributed by atoms with Crippen LogP contribution in [0, 0.1) is 0 Å². The highest BCUT2D eigenvalue weighted by molar-refractivity contribution is 6.30.